The molecule has 1 heterocycles. The maximum absolute atomic E-state index is 6.12. The lowest BCUT2D eigenvalue weighted by molar-refractivity contribution is 1.03. The minimum absolute atomic E-state index is 0.569. The molecule has 0 atom stereocenters. The van der Waals surface area contributed by atoms with E-state index in [1.165, 1.54) is 0 Å². The number of halogens is 2. The Labute approximate surface area is 130 Å². The molecule has 0 fully saturated rings. The second-order valence-electron chi connectivity index (χ2n) is 4.53. The molecule has 3 nitrogen and oxygen atoms in total. The van der Waals surface area contributed by atoms with Crippen LogP contribution in [0, 0.1) is 0 Å². The summed E-state index contributed by atoms with van der Waals surface area (Å²) in [6.45, 7) is 1.27. The van der Waals surface area contributed by atoms with E-state index in [0.29, 0.717) is 18.1 Å². The number of aromatic nitrogens is 1. The van der Waals surface area contributed by atoms with Crippen molar-refractivity contribution in [1.82, 2.24) is 4.98 Å². The Morgan fingerprint density at radius 1 is 1.10 bits per heavy atom. The van der Waals surface area contributed by atoms with E-state index in [4.69, 9.17) is 17.3 Å². The lowest BCUT2D eigenvalue weighted by Crippen LogP contribution is -2.13. The van der Waals surface area contributed by atoms with Crippen LogP contribution in [-0.4, -0.2) is 18.1 Å². The number of fused-ring (bicyclic) bond motifs is 2. The average Bonchev–Trinajstić information content (AvgIpc) is 2.44. The quantitative estimate of drug-likeness (QED) is 0.697. The van der Waals surface area contributed by atoms with Gasteiger partial charge >= 0.3 is 0 Å². The number of hydrogen-bond acceptors (Lipinski definition) is 3. The SMILES string of the molecule is NCCNc1c2cc(Cl)ccc2nc2ccc(Br)cc12. The molecular weight excluding hydrogens is 338 g/mol. The summed E-state index contributed by atoms with van der Waals surface area (Å²) in [6, 6.07) is 11.8. The zero-order valence-corrected chi connectivity index (χ0v) is 13.0. The third-order valence-electron chi connectivity index (χ3n) is 3.14. The third kappa shape index (κ3) is 2.46. The lowest BCUT2D eigenvalue weighted by atomic mass is 10.1. The average molecular weight is 351 g/mol. The lowest BCUT2D eigenvalue weighted by Gasteiger charge is -2.13. The Morgan fingerprint density at radius 3 is 2.55 bits per heavy atom. The summed E-state index contributed by atoms with van der Waals surface area (Å²) in [4.78, 5) is 4.68. The summed E-state index contributed by atoms with van der Waals surface area (Å²) in [6.07, 6.45) is 0. The normalized spacial score (nSPS) is 11.2. The van der Waals surface area contributed by atoms with Gasteiger partial charge in [0.15, 0.2) is 0 Å². The summed E-state index contributed by atoms with van der Waals surface area (Å²) in [7, 11) is 0. The molecule has 20 heavy (non-hydrogen) atoms. The fourth-order valence-corrected chi connectivity index (χ4v) is 2.81. The smallest absolute Gasteiger partial charge is 0.0731 e. The second-order valence-corrected chi connectivity index (χ2v) is 5.88. The summed E-state index contributed by atoms with van der Waals surface area (Å²) in [5.41, 5.74) is 8.50. The van der Waals surface area contributed by atoms with E-state index < -0.39 is 0 Å². The van der Waals surface area contributed by atoms with Crippen LogP contribution in [0.4, 0.5) is 5.69 Å². The molecule has 0 saturated carbocycles. The van der Waals surface area contributed by atoms with E-state index >= 15 is 0 Å². The second kappa shape index (κ2) is 5.56. The van der Waals surface area contributed by atoms with Crippen LogP contribution in [0.2, 0.25) is 5.02 Å². The number of benzene rings is 2. The van der Waals surface area contributed by atoms with Crippen molar-refractivity contribution in [1.29, 1.82) is 0 Å². The van der Waals surface area contributed by atoms with Crippen molar-refractivity contribution in [3.8, 4) is 0 Å². The van der Waals surface area contributed by atoms with Crippen LogP contribution in [0.5, 0.6) is 0 Å². The zero-order chi connectivity index (χ0) is 14.1. The van der Waals surface area contributed by atoms with Crippen LogP contribution in [-0.2, 0) is 0 Å². The molecule has 3 N–H and O–H groups in total. The van der Waals surface area contributed by atoms with Gasteiger partial charge in [-0.05, 0) is 36.4 Å². The largest absolute Gasteiger partial charge is 0.383 e. The van der Waals surface area contributed by atoms with Crippen molar-refractivity contribution in [2.75, 3.05) is 18.4 Å². The minimum atomic E-state index is 0.569. The summed E-state index contributed by atoms with van der Waals surface area (Å²) in [5, 5.41) is 6.16. The van der Waals surface area contributed by atoms with E-state index in [9.17, 15) is 0 Å². The molecule has 2 aromatic carbocycles. The summed E-state index contributed by atoms with van der Waals surface area (Å²) >= 11 is 9.62. The highest BCUT2D eigenvalue weighted by atomic mass is 79.9. The van der Waals surface area contributed by atoms with Gasteiger partial charge in [-0.2, -0.15) is 0 Å². The van der Waals surface area contributed by atoms with Gasteiger partial charge in [-0.1, -0.05) is 27.5 Å². The molecule has 0 spiro atoms. The van der Waals surface area contributed by atoms with Crippen LogP contribution >= 0.6 is 27.5 Å². The molecule has 1 aromatic heterocycles. The highest BCUT2D eigenvalue weighted by Gasteiger charge is 2.09. The van der Waals surface area contributed by atoms with Gasteiger partial charge in [0.2, 0.25) is 0 Å². The maximum Gasteiger partial charge on any atom is 0.0731 e. The standard InChI is InChI=1S/C15H13BrClN3/c16-9-1-3-13-11(7-9)15(19-6-5-18)12-8-10(17)2-4-14(12)20-13/h1-4,7-8H,5-6,18H2,(H,19,20). The van der Waals surface area contributed by atoms with Crippen LogP contribution < -0.4 is 11.1 Å². The minimum Gasteiger partial charge on any atom is -0.383 e. The number of nitrogens with two attached hydrogens (primary N) is 1. The van der Waals surface area contributed by atoms with Gasteiger partial charge in [0.05, 0.1) is 16.7 Å². The molecule has 0 aliphatic rings. The predicted molar refractivity (Wildman–Crippen MR) is 89.5 cm³/mol. The summed E-state index contributed by atoms with van der Waals surface area (Å²) in [5.74, 6) is 0. The highest BCUT2D eigenvalue weighted by Crippen LogP contribution is 2.33. The van der Waals surface area contributed by atoms with Crippen molar-refractivity contribution < 1.29 is 0 Å². The van der Waals surface area contributed by atoms with Gasteiger partial charge in [0.25, 0.3) is 0 Å². The Hall–Kier alpha value is -1.36. The van der Waals surface area contributed by atoms with Gasteiger partial charge in [-0.15, -0.1) is 0 Å². The molecule has 102 valence electrons. The first kappa shape index (κ1) is 13.6. The van der Waals surface area contributed by atoms with Gasteiger partial charge in [-0.3, -0.25) is 0 Å². The summed E-state index contributed by atoms with van der Waals surface area (Å²) < 4.78 is 1.02. The highest BCUT2D eigenvalue weighted by molar-refractivity contribution is 9.10. The van der Waals surface area contributed by atoms with Crippen LogP contribution in [0.3, 0.4) is 0 Å². The van der Waals surface area contributed by atoms with E-state index in [2.05, 4.69) is 32.3 Å². The van der Waals surface area contributed by atoms with Crippen molar-refractivity contribution in [3.05, 3.63) is 45.9 Å². The van der Waals surface area contributed by atoms with Crippen molar-refractivity contribution >= 4 is 55.0 Å². The molecule has 0 aliphatic carbocycles. The molecule has 0 unspecified atom stereocenters. The van der Waals surface area contributed by atoms with Gasteiger partial charge in [0, 0.05) is 33.4 Å². The molecule has 3 aromatic rings. The first-order chi connectivity index (χ1) is 9.69. The zero-order valence-electron chi connectivity index (χ0n) is 10.7. The van der Waals surface area contributed by atoms with Gasteiger partial charge in [-0.25, -0.2) is 4.98 Å². The number of hydrogen-bond donors (Lipinski definition) is 2. The predicted octanol–water partition coefficient (Wildman–Crippen LogP) is 4.17. The number of pyridine rings is 1. The third-order valence-corrected chi connectivity index (χ3v) is 3.87. The van der Waals surface area contributed by atoms with E-state index in [0.717, 1.165) is 32.0 Å². The number of rotatable bonds is 3. The fraction of sp³-hybridized carbons (Fsp3) is 0.133. The van der Waals surface area contributed by atoms with Crippen LogP contribution in [0.25, 0.3) is 21.8 Å². The van der Waals surface area contributed by atoms with Crippen molar-refractivity contribution in [2.24, 2.45) is 5.73 Å². The van der Waals surface area contributed by atoms with Crippen molar-refractivity contribution in [3.63, 3.8) is 0 Å². The molecule has 0 bridgehead atoms. The maximum atomic E-state index is 6.12. The van der Waals surface area contributed by atoms with Gasteiger partial charge < -0.3 is 11.1 Å². The topological polar surface area (TPSA) is 50.9 Å². The molecular formula is C15H13BrClN3. The Balaban J connectivity index is 2.37. The number of nitrogens with one attached hydrogen (secondary N) is 1. The van der Waals surface area contributed by atoms with Crippen molar-refractivity contribution in [2.45, 2.75) is 0 Å². The molecule has 0 amide bonds. The molecule has 0 saturated heterocycles. The Morgan fingerprint density at radius 2 is 1.80 bits per heavy atom. The number of anilines is 1. The Bertz CT molecular complexity index is 729. The molecule has 0 aliphatic heterocycles. The fourth-order valence-electron chi connectivity index (χ4n) is 2.27. The van der Waals surface area contributed by atoms with E-state index in [1.54, 1.807) is 0 Å². The molecule has 5 heteroatoms. The van der Waals surface area contributed by atoms with E-state index in [-0.39, 0.29) is 0 Å². The molecule has 3 rings (SSSR count). The first-order valence-electron chi connectivity index (χ1n) is 6.31. The van der Waals surface area contributed by atoms with Gasteiger partial charge in [0.1, 0.15) is 0 Å². The number of nitrogens with zero attached hydrogens (tertiary/aromatic N) is 1. The first-order valence-corrected chi connectivity index (χ1v) is 7.48. The van der Waals surface area contributed by atoms with Crippen LogP contribution in [0.1, 0.15) is 0 Å². The van der Waals surface area contributed by atoms with Crippen LogP contribution in [0.15, 0.2) is 40.9 Å². The molecule has 0 radical (unpaired) electrons. The van der Waals surface area contributed by atoms with E-state index in [1.807, 2.05) is 30.3 Å². The Kier molecular flexibility index (Phi) is 3.78. The monoisotopic (exact) mass is 349 g/mol.